The second kappa shape index (κ2) is 9.86. The standard InChI is InChI=1S/C23H39N10P/c1-19(20-11-9-8-10-12-20)24-34(25-21-28(2)13-14-29(21)3,26-22-30(4)15-16-31(22)5)27-23-32(6)17-18-33(23)7/h8-12,19H,13-18H2,1-7H3. The Morgan fingerprint density at radius 2 is 0.912 bits per heavy atom. The topological polar surface area (TPSA) is 68.9 Å². The highest BCUT2D eigenvalue weighted by Gasteiger charge is 2.33. The molecule has 0 aromatic heterocycles. The summed E-state index contributed by atoms with van der Waals surface area (Å²) in [5.74, 6) is 2.70. The van der Waals surface area contributed by atoms with Crippen molar-refractivity contribution in [2.24, 2.45) is 19.0 Å². The first-order valence-electron chi connectivity index (χ1n) is 11.9. The molecule has 11 heteroatoms. The zero-order chi connectivity index (χ0) is 24.5. The van der Waals surface area contributed by atoms with E-state index in [4.69, 9.17) is 19.0 Å². The van der Waals surface area contributed by atoms with Crippen LogP contribution in [0.1, 0.15) is 18.5 Å². The maximum Gasteiger partial charge on any atom is 0.310 e. The number of guanidine groups is 3. The first kappa shape index (κ1) is 24.4. The molecule has 4 rings (SSSR count). The van der Waals surface area contributed by atoms with Crippen LogP contribution in [-0.2, 0) is 0 Å². The Balaban J connectivity index is 1.98. The van der Waals surface area contributed by atoms with Gasteiger partial charge in [0.1, 0.15) is 0 Å². The Morgan fingerprint density at radius 3 is 1.24 bits per heavy atom. The van der Waals surface area contributed by atoms with Crippen molar-refractivity contribution in [2.75, 3.05) is 81.6 Å². The first-order chi connectivity index (χ1) is 16.2. The lowest BCUT2D eigenvalue weighted by molar-refractivity contribution is 0.553. The van der Waals surface area contributed by atoms with Gasteiger partial charge in [0.15, 0.2) is 0 Å². The summed E-state index contributed by atoms with van der Waals surface area (Å²) in [6.45, 7) is 7.68. The molecular weight excluding hydrogens is 447 g/mol. The molecule has 0 spiro atoms. The Morgan fingerprint density at radius 1 is 0.588 bits per heavy atom. The lowest BCUT2D eigenvalue weighted by atomic mass is 10.1. The molecule has 0 N–H and O–H groups in total. The van der Waals surface area contributed by atoms with Gasteiger partial charge in [-0.25, -0.2) is 4.74 Å². The van der Waals surface area contributed by atoms with Crippen LogP contribution < -0.4 is 0 Å². The predicted molar refractivity (Wildman–Crippen MR) is 142 cm³/mol. The van der Waals surface area contributed by atoms with Crippen molar-refractivity contribution < 1.29 is 0 Å². The average Bonchev–Trinajstić information content (AvgIpc) is 3.42. The van der Waals surface area contributed by atoms with E-state index < -0.39 is 7.51 Å². The van der Waals surface area contributed by atoms with Crippen LogP contribution in [0.15, 0.2) is 49.4 Å². The summed E-state index contributed by atoms with van der Waals surface area (Å²) in [6, 6.07) is 10.3. The van der Waals surface area contributed by atoms with Gasteiger partial charge in [0.25, 0.3) is 0 Å². The van der Waals surface area contributed by atoms with E-state index in [9.17, 15) is 0 Å². The van der Waals surface area contributed by atoms with Gasteiger partial charge in [-0.15, -0.1) is 0 Å². The molecule has 34 heavy (non-hydrogen) atoms. The summed E-state index contributed by atoms with van der Waals surface area (Å²) in [5.41, 5.74) is 1.14. The highest BCUT2D eigenvalue weighted by Crippen LogP contribution is 2.58. The zero-order valence-corrected chi connectivity index (χ0v) is 22.5. The summed E-state index contributed by atoms with van der Waals surface area (Å²) in [4.78, 5) is 13.1. The maximum atomic E-state index is 5.36. The monoisotopic (exact) mass is 486 g/mol. The largest absolute Gasteiger partial charge is 0.344 e. The van der Waals surface area contributed by atoms with Crippen LogP contribution >= 0.6 is 7.51 Å². The molecule has 0 bridgehead atoms. The third-order valence-corrected chi connectivity index (χ3v) is 8.64. The van der Waals surface area contributed by atoms with Crippen LogP contribution in [0, 0.1) is 0 Å². The third-order valence-electron chi connectivity index (χ3n) is 6.64. The molecule has 0 radical (unpaired) electrons. The fourth-order valence-electron chi connectivity index (χ4n) is 4.37. The van der Waals surface area contributed by atoms with Crippen LogP contribution in [-0.4, -0.2) is 129 Å². The minimum absolute atomic E-state index is 0.0985. The molecule has 186 valence electrons. The summed E-state index contributed by atoms with van der Waals surface area (Å²) < 4.78 is 21.4. The van der Waals surface area contributed by atoms with E-state index in [0.29, 0.717) is 0 Å². The SMILES string of the molecule is CC(N=P(N=C1N(C)CCN1C)(N=C1N(C)CCN1C)N=C1N(C)CCN1C)c1ccccc1. The Labute approximate surface area is 204 Å². The van der Waals surface area contributed by atoms with Crippen LogP contribution in [0.2, 0.25) is 0 Å². The quantitative estimate of drug-likeness (QED) is 0.596. The summed E-state index contributed by atoms with van der Waals surface area (Å²) in [7, 11) is 9.55. The molecule has 0 saturated carbocycles. The number of rotatable bonds is 5. The van der Waals surface area contributed by atoms with E-state index in [0.717, 1.165) is 62.7 Å². The van der Waals surface area contributed by atoms with Gasteiger partial charge in [-0.1, -0.05) is 30.3 Å². The fourth-order valence-corrected chi connectivity index (χ4v) is 6.89. The van der Waals surface area contributed by atoms with E-state index >= 15 is 0 Å². The third kappa shape index (κ3) is 5.02. The van der Waals surface area contributed by atoms with Gasteiger partial charge in [0, 0.05) is 81.6 Å². The highest BCUT2D eigenvalue weighted by molar-refractivity contribution is 7.63. The molecule has 0 aliphatic carbocycles. The van der Waals surface area contributed by atoms with Gasteiger partial charge in [-0.2, -0.15) is 14.3 Å². The van der Waals surface area contributed by atoms with Crippen molar-refractivity contribution in [1.82, 2.24) is 29.4 Å². The summed E-state index contributed by atoms with van der Waals surface area (Å²) >= 11 is 0. The van der Waals surface area contributed by atoms with Crippen LogP contribution in [0.4, 0.5) is 0 Å². The number of benzene rings is 1. The van der Waals surface area contributed by atoms with Gasteiger partial charge in [0.05, 0.1) is 6.04 Å². The van der Waals surface area contributed by atoms with Crippen molar-refractivity contribution in [3.8, 4) is 0 Å². The van der Waals surface area contributed by atoms with E-state index in [-0.39, 0.29) is 6.04 Å². The lowest BCUT2D eigenvalue weighted by Gasteiger charge is -2.25. The number of hydrogen-bond acceptors (Lipinski definition) is 1. The minimum Gasteiger partial charge on any atom is -0.344 e. The molecule has 3 saturated heterocycles. The molecule has 0 amide bonds. The predicted octanol–water partition coefficient (Wildman–Crippen LogP) is 2.39. The van der Waals surface area contributed by atoms with Gasteiger partial charge in [-0.3, -0.25) is 0 Å². The molecular formula is C23H39N10P. The Kier molecular flexibility index (Phi) is 7.07. The molecule has 1 atom stereocenters. The number of nitrogens with zero attached hydrogens (tertiary/aromatic N) is 10. The second-order valence-corrected chi connectivity index (χ2v) is 11.4. The Bertz CT molecular complexity index is 893. The van der Waals surface area contributed by atoms with E-state index in [1.165, 1.54) is 0 Å². The smallest absolute Gasteiger partial charge is 0.310 e. The highest BCUT2D eigenvalue weighted by atomic mass is 31.2. The van der Waals surface area contributed by atoms with Gasteiger partial charge in [-0.05, 0) is 12.5 Å². The fraction of sp³-hybridized carbons (Fsp3) is 0.609. The normalized spacial score (nSPS) is 20.0. The summed E-state index contributed by atoms with van der Waals surface area (Å²) in [6.07, 6.45) is 0. The maximum absolute atomic E-state index is 5.36. The van der Waals surface area contributed by atoms with E-state index in [2.05, 4.69) is 103 Å². The molecule has 1 unspecified atom stereocenters. The minimum atomic E-state index is -2.95. The van der Waals surface area contributed by atoms with Crippen molar-refractivity contribution in [1.29, 1.82) is 0 Å². The van der Waals surface area contributed by atoms with E-state index in [1.54, 1.807) is 0 Å². The van der Waals surface area contributed by atoms with Gasteiger partial charge < -0.3 is 29.4 Å². The second-order valence-electron chi connectivity index (χ2n) is 9.47. The summed E-state index contributed by atoms with van der Waals surface area (Å²) in [5, 5.41) is 0. The van der Waals surface area contributed by atoms with Crippen LogP contribution in [0.3, 0.4) is 0 Å². The van der Waals surface area contributed by atoms with Crippen LogP contribution in [0.25, 0.3) is 0 Å². The molecule has 1 aromatic rings. The van der Waals surface area contributed by atoms with Gasteiger partial charge >= 0.3 is 7.51 Å². The molecule has 3 heterocycles. The van der Waals surface area contributed by atoms with Crippen molar-refractivity contribution >= 4 is 25.4 Å². The Hall–Kier alpha value is -2.74. The number of hydrogen-bond donors (Lipinski definition) is 0. The molecule has 3 aliphatic rings. The van der Waals surface area contributed by atoms with Crippen molar-refractivity contribution in [3.63, 3.8) is 0 Å². The zero-order valence-electron chi connectivity index (χ0n) is 21.6. The molecule has 3 aliphatic heterocycles. The first-order valence-corrected chi connectivity index (χ1v) is 13.5. The van der Waals surface area contributed by atoms with Crippen molar-refractivity contribution in [2.45, 2.75) is 13.0 Å². The van der Waals surface area contributed by atoms with Crippen LogP contribution in [0.5, 0.6) is 0 Å². The average molecular weight is 487 g/mol. The van der Waals surface area contributed by atoms with Gasteiger partial charge in [0.2, 0.25) is 17.9 Å². The van der Waals surface area contributed by atoms with E-state index in [1.807, 2.05) is 6.07 Å². The molecule has 3 fully saturated rings. The lowest BCUT2D eigenvalue weighted by Crippen LogP contribution is -2.30. The van der Waals surface area contributed by atoms with Crippen molar-refractivity contribution in [3.05, 3.63) is 35.9 Å². The molecule has 10 nitrogen and oxygen atoms in total. The number of likely N-dealkylation sites (N-methyl/N-ethyl adjacent to an activating group) is 6. The molecule has 1 aromatic carbocycles.